The largest absolute Gasteiger partial charge is 0.497 e. The van der Waals surface area contributed by atoms with Crippen molar-refractivity contribution in [1.82, 2.24) is 20.2 Å². The molecule has 0 radical (unpaired) electrons. The Morgan fingerprint density at radius 1 is 1.27 bits per heavy atom. The zero-order chi connectivity index (χ0) is 15.9. The van der Waals surface area contributed by atoms with E-state index < -0.39 is 0 Å². The van der Waals surface area contributed by atoms with Crippen LogP contribution in [0.4, 0.5) is 4.79 Å². The average Bonchev–Trinajstić information content (AvgIpc) is 2.54. The highest BCUT2D eigenvalue weighted by Crippen LogP contribution is 2.13. The summed E-state index contributed by atoms with van der Waals surface area (Å²) in [5.74, 6) is 0.785. The van der Waals surface area contributed by atoms with Gasteiger partial charge in [0.05, 0.1) is 19.3 Å². The Kier molecular flexibility index (Phi) is 5.55. The molecule has 0 aliphatic heterocycles. The lowest BCUT2D eigenvalue weighted by atomic mass is 10.2. The topological polar surface area (TPSA) is 67.3 Å². The summed E-state index contributed by atoms with van der Waals surface area (Å²) in [6.45, 7) is 0.725. The number of amides is 2. The van der Waals surface area contributed by atoms with Gasteiger partial charge in [0.15, 0.2) is 5.15 Å². The van der Waals surface area contributed by atoms with E-state index >= 15 is 0 Å². The van der Waals surface area contributed by atoms with E-state index in [-0.39, 0.29) is 12.6 Å². The Morgan fingerprint density at radius 2 is 1.95 bits per heavy atom. The summed E-state index contributed by atoms with van der Waals surface area (Å²) < 4.78 is 5.10. The number of urea groups is 1. The van der Waals surface area contributed by atoms with Crippen molar-refractivity contribution in [3.63, 3.8) is 0 Å². The Balaban J connectivity index is 1.87. The highest BCUT2D eigenvalue weighted by Gasteiger charge is 2.10. The van der Waals surface area contributed by atoms with Gasteiger partial charge in [0.2, 0.25) is 0 Å². The summed E-state index contributed by atoms with van der Waals surface area (Å²) in [7, 11) is 3.34. The number of aromatic nitrogens is 2. The van der Waals surface area contributed by atoms with Gasteiger partial charge in [-0.3, -0.25) is 4.98 Å². The first-order valence-electron chi connectivity index (χ1n) is 6.67. The minimum absolute atomic E-state index is 0.211. The second-order valence-corrected chi connectivity index (χ2v) is 5.01. The molecule has 0 unspecified atom stereocenters. The Hall–Kier alpha value is -2.34. The van der Waals surface area contributed by atoms with Crippen LogP contribution in [0.2, 0.25) is 5.15 Å². The molecule has 0 saturated carbocycles. The van der Waals surface area contributed by atoms with Crippen molar-refractivity contribution in [3.05, 3.63) is 53.1 Å². The fourth-order valence-corrected chi connectivity index (χ4v) is 2.01. The van der Waals surface area contributed by atoms with Crippen LogP contribution in [0.15, 0.2) is 36.7 Å². The van der Waals surface area contributed by atoms with Gasteiger partial charge >= 0.3 is 6.03 Å². The third-order valence-corrected chi connectivity index (χ3v) is 3.37. The summed E-state index contributed by atoms with van der Waals surface area (Å²) in [4.78, 5) is 21.6. The second kappa shape index (κ2) is 7.61. The third-order valence-electron chi connectivity index (χ3n) is 3.06. The highest BCUT2D eigenvalue weighted by molar-refractivity contribution is 6.29. The number of methoxy groups -OCH3 is 1. The minimum atomic E-state index is -0.211. The lowest BCUT2D eigenvalue weighted by molar-refractivity contribution is 0.206. The van der Waals surface area contributed by atoms with Gasteiger partial charge in [-0.25, -0.2) is 9.78 Å². The molecular formula is C15H17ClN4O2. The molecule has 0 bridgehead atoms. The van der Waals surface area contributed by atoms with Gasteiger partial charge in [0.1, 0.15) is 5.75 Å². The van der Waals surface area contributed by atoms with E-state index in [1.165, 1.54) is 12.4 Å². The summed E-state index contributed by atoms with van der Waals surface area (Å²) >= 11 is 5.90. The number of rotatable bonds is 5. The Labute approximate surface area is 134 Å². The number of nitrogens with zero attached hydrogens (tertiary/aromatic N) is 3. The standard InChI is InChI=1S/C15H17ClN4O2/c1-20(10-11-3-5-12(22-2)6-4-11)15(21)19-9-13-14(16)18-8-7-17-13/h3-8H,9-10H2,1-2H3,(H,19,21). The molecule has 1 heterocycles. The molecule has 6 nitrogen and oxygen atoms in total. The van der Waals surface area contributed by atoms with Gasteiger partial charge in [-0.05, 0) is 17.7 Å². The van der Waals surface area contributed by atoms with E-state index in [0.29, 0.717) is 17.4 Å². The third kappa shape index (κ3) is 4.33. The molecule has 0 spiro atoms. The van der Waals surface area contributed by atoms with E-state index in [0.717, 1.165) is 11.3 Å². The molecule has 0 aliphatic rings. The SMILES string of the molecule is COc1ccc(CN(C)C(=O)NCc2nccnc2Cl)cc1. The van der Waals surface area contributed by atoms with Crippen LogP contribution in [0.5, 0.6) is 5.75 Å². The van der Waals surface area contributed by atoms with E-state index in [2.05, 4.69) is 15.3 Å². The normalized spacial score (nSPS) is 10.1. The van der Waals surface area contributed by atoms with Gasteiger partial charge in [0.25, 0.3) is 0 Å². The number of ether oxygens (including phenoxy) is 1. The number of benzene rings is 1. The molecule has 116 valence electrons. The van der Waals surface area contributed by atoms with Crippen molar-refractivity contribution >= 4 is 17.6 Å². The summed E-state index contributed by atoms with van der Waals surface area (Å²) in [5, 5.41) is 3.05. The number of carbonyl (C=O) groups is 1. The van der Waals surface area contributed by atoms with E-state index in [9.17, 15) is 4.79 Å². The van der Waals surface area contributed by atoms with Crippen molar-refractivity contribution in [3.8, 4) is 5.75 Å². The monoisotopic (exact) mass is 320 g/mol. The first-order valence-corrected chi connectivity index (χ1v) is 7.05. The van der Waals surface area contributed by atoms with Crippen LogP contribution in [-0.2, 0) is 13.1 Å². The molecule has 1 aromatic carbocycles. The molecule has 22 heavy (non-hydrogen) atoms. The number of nitrogens with one attached hydrogen (secondary N) is 1. The lowest BCUT2D eigenvalue weighted by Gasteiger charge is -2.18. The Bertz CT molecular complexity index is 634. The predicted octanol–water partition coefficient (Wildman–Crippen LogP) is 2.48. The summed E-state index contributed by atoms with van der Waals surface area (Å²) in [6.07, 6.45) is 3.04. The van der Waals surface area contributed by atoms with Crippen molar-refractivity contribution in [2.75, 3.05) is 14.2 Å². The van der Waals surface area contributed by atoms with Crippen LogP contribution in [0, 0.1) is 0 Å². The van der Waals surface area contributed by atoms with E-state index in [1.54, 1.807) is 19.1 Å². The maximum Gasteiger partial charge on any atom is 0.317 e. The molecule has 0 atom stereocenters. The fraction of sp³-hybridized carbons (Fsp3) is 0.267. The first kappa shape index (κ1) is 16.0. The number of hydrogen-bond donors (Lipinski definition) is 1. The van der Waals surface area contributed by atoms with Gasteiger partial charge in [-0.15, -0.1) is 0 Å². The molecule has 2 rings (SSSR count). The first-order chi connectivity index (χ1) is 10.6. The number of hydrogen-bond acceptors (Lipinski definition) is 4. The Morgan fingerprint density at radius 3 is 2.59 bits per heavy atom. The molecule has 2 aromatic rings. The molecule has 0 aliphatic carbocycles. The molecule has 7 heteroatoms. The molecule has 2 amide bonds. The van der Waals surface area contributed by atoms with Crippen molar-refractivity contribution in [2.24, 2.45) is 0 Å². The van der Waals surface area contributed by atoms with Gasteiger partial charge < -0.3 is 15.0 Å². The fourth-order valence-electron chi connectivity index (χ4n) is 1.84. The predicted molar refractivity (Wildman–Crippen MR) is 83.7 cm³/mol. The van der Waals surface area contributed by atoms with Crippen LogP contribution < -0.4 is 10.1 Å². The van der Waals surface area contributed by atoms with Crippen molar-refractivity contribution in [2.45, 2.75) is 13.1 Å². The molecule has 1 N–H and O–H groups in total. The molecular weight excluding hydrogens is 304 g/mol. The highest BCUT2D eigenvalue weighted by atomic mass is 35.5. The van der Waals surface area contributed by atoms with Gasteiger partial charge in [0, 0.05) is 26.0 Å². The van der Waals surface area contributed by atoms with E-state index in [1.807, 2.05) is 24.3 Å². The lowest BCUT2D eigenvalue weighted by Crippen LogP contribution is -2.36. The quantitative estimate of drug-likeness (QED) is 0.919. The zero-order valence-electron chi connectivity index (χ0n) is 12.4. The minimum Gasteiger partial charge on any atom is -0.497 e. The van der Waals surface area contributed by atoms with Crippen LogP contribution in [0.25, 0.3) is 0 Å². The van der Waals surface area contributed by atoms with E-state index in [4.69, 9.17) is 16.3 Å². The van der Waals surface area contributed by atoms with Gasteiger partial charge in [-0.2, -0.15) is 0 Å². The smallest absolute Gasteiger partial charge is 0.317 e. The van der Waals surface area contributed by atoms with Crippen LogP contribution in [-0.4, -0.2) is 35.1 Å². The maximum atomic E-state index is 12.1. The number of carbonyl (C=O) groups excluding carboxylic acids is 1. The summed E-state index contributed by atoms with van der Waals surface area (Å²) in [5.41, 5.74) is 1.55. The average molecular weight is 321 g/mol. The maximum absolute atomic E-state index is 12.1. The molecule has 0 fully saturated rings. The van der Waals surface area contributed by atoms with Crippen LogP contribution in [0.1, 0.15) is 11.3 Å². The summed E-state index contributed by atoms with van der Waals surface area (Å²) in [6, 6.07) is 7.35. The van der Waals surface area contributed by atoms with Crippen molar-refractivity contribution in [1.29, 1.82) is 0 Å². The second-order valence-electron chi connectivity index (χ2n) is 4.66. The van der Waals surface area contributed by atoms with Crippen LogP contribution in [0.3, 0.4) is 0 Å². The van der Waals surface area contributed by atoms with Crippen LogP contribution >= 0.6 is 11.6 Å². The molecule has 1 aromatic heterocycles. The molecule has 0 saturated heterocycles. The van der Waals surface area contributed by atoms with Gasteiger partial charge in [-0.1, -0.05) is 23.7 Å². The van der Waals surface area contributed by atoms with Crippen molar-refractivity contribution < 1.29 is 9.53 Å². The zero-order valence-corrected chi connectivity index (χ0v) is 13.2. The number of halogens is 1.